The Hall–Kier alpha value is -2.04. The van der Waals surface area contributed by atoms with Crippen molar-refractivity contribution in [1.29, 1.82) is 0 Å². The second kappa shape index (κ2) is 9.60. The summed E-state index contributed by atoms with van der Waals surface area (Å²) in [5.74, 6) is 3.73. The van der Waals surface area contributed by atoms with Gasteiger partial charge >= 0.3 is 0 Å². The minimum atomic E-state index is -1.38. The maximum atomic E-state index is 11.0. The van der Waals surface area contributed by atoms with E-state index in [1.165, 1.54) is 37.7 Å². The van der Waals surface area contributed by atoms with Crippen molar-refractivity contribution in [3.05, 3.63) is 71.3 Å². The van der Waals surface area contributed by atoms with Gasteiger partial charge in [-0.3, -0.25) is 0 Å². The molecule has 0 saturated carbocycles. The van der Waals surface area contributed by atoms with E-state index in [9.17, 15) is 5.11 Å². The molecule has 1 heteroatoms. The van der Waals surface area contributed by atoms with Gasteiger partial charge in [-0.05, 0) is 17.4 Å². The van der Waals surface area contributed by atoms with Crippen molar-refractivity contribution in [3.8, 4) is 12.3 Å². The largest absolute Gasteiger partial charge is 0.369 e. The molecule has 1 nitrogen and oxygen atoms in total. The fraction of sp³-hybridized carbons (Fsp3) is 0.440. The Morgan fingerprint density at radius 1 is 0.923 bits per heavy atom. The molecule has 138 valence electrons. The molecule has 3 atom stereocenters. The average molecular weight is 349 g/mol. The number of benzene rings is 2. The highest BCUT2D eigenvalue weighted by atomic mass is 16.3. The summed E-state index contributed by atoms with van der Waals surface area (Å²) >= 11 is 0. The van der Waals surface area contributed by atoms with Crippen LogP contribution in [0.3, 0.4) is 0 Å². The number of terminal acetylenes is 1. The molecule has 2 aromatic carbocycles. The molecular weight excluding hydrogens is 316 g/mol. The first kappa shape index (κ1) is 20.3. The van der Waals surface area contributed by atoms with Gasteiger partial charge in [-0.2, -0.15) is 0 Å². The second-order valence-corrected chi connectivity index (χ2v) is 7.46. The van der Waals surface area contributed by atoms with E-state index >= 15 is 0 Å². The van der Waals surface area contributed by atoms with Crippen molar-refractivity contribution in [1.82, 2.24) is 0 Å². The van der Waals surface area contributed by atoms with E-state index < -0.39 is 5.60 Å². The molecule has 0 saturated heterocycles. The summed E-state index contributed by atoms with van der Waals surface area (Å²) < 4.78 is 0. The van der Waals surface area contributed by atoms with Gasteiger partial charge in [0.1, 0.15) is 0 Å². The van der Waals surface area contributed by atoms with E-state index in [4.69, 9.17) is 6.42 Å². The molecule has 0 aliphatic heterocycles. The van der Waals surface area contributed by atoms with E-state index in [1.54, 1.807) is 0 Å². The third kappa shape index (κ3) is 4.77. The normalized spacial score (nSPS) is 15.7. The summed E-state index contributed by atoms with van der Waals surface area (Å²) in [7, 11) is 0. The maximum Gasteiger partial charge on any atom is 0.176 e. The van der Waals surface area contributed by atoms with E-state index in [2.05, 4.69) is 38.8 Å². The van der Waals surface area contributed by atoms with Crippen molar-refractivity contribution in [2.45, 2.75) is 64.4 Å². The third-order valence-corrected chi connectivity index (χ3v) is 5.62. The Morgan fingerprint density at radius 2 is 1.54 bits per heavy atom. The van der Waals surface area contributed by atoms with Crippen LogP contribution in [0.5, 0.6) is 0 Å². The van der Waals surface area contributed by atoms with Crippen molar-refractivity contribution >= 4 is 0 Å². The molecule has 0 fully saturated rings. The third-order valence-electron chi connectivity index (χ3n) is 5.62. The zero-order valence-electron chi connectivity index (χ0n) is 16.4. The molecule has 2 aromatic rings. The van der Waals surface area contributed by atoms with E-state index in [0.29, 0.717) is 11.8 Å². The molecule has 0 radical (unpaired) electrons. The molecule has 0 aliphatic carbocycles. The molecule has 0 spiro atoms. The van der Waals surface area contributed by atoms with Gasteiger partial charge in [0.25, 0.3) is 0 Å². The summed E-state index contributed by atoms with van der Waals surface area (Å²) in [5, 5.41) is 11.0. The van der Waals surface area contributed by atoms with Crippen molar-refractivity contribution in [2.75, 3.05) is 0 Å². The van der Waals surface area contributed by atoms with E-state index in [1.807, 2.05) is 42.5 Å². The fourth-order valence-electron chi connectivity index (χ4n) is 3.51. The summed E-state index contributed by atoms with van der Waals surface area (Å²) in [6.45, 7) is 6.89. The molecule has 3 unspecified atom stereocenters. The van der Waals surface area contributed by atoms with Gasteiger partial charge < -0.3 is 5.11 Å². The first-order chi connectivity index (χ1) is 12.5. The minimum absolute atomic E-state index is 0.501. The highest BCUT2D eigenvalue weighted by Gasteiger charge is 2.29. The van der Waals surface area contributed by atoms with Crippen LogP contribution >= 0.6 is 0 Å². The van der Waals surface area contributed by atoms with Crippen LogP contribution in [0.15, 0.2) is 54.6 Å². The Morgan fingerprint density at radius 3 is 2.12 bits per heavy atom. The Kier molecular flexibility index (Phi) is 7.49. The van der Waals surface area contributed by atoms with Crippen LogP contribution < -0.4 is 0 Å². The molecule has 0 aromatic heterocycles. The number of hydrogen-bond acceptors (Lipinski definition) is 1. The van der Waals surface area contributed by atoms with Gasteiger partial charge in [-0.1, -0.05) is 113 Å². The Bertz CT molecular complexity index is 695. The molecule has 26 heavy (non-hydrogen) atoms. The number of aliphatic hydroxyl groups is 1. The predicted molar refractivity (Wildman–Crippen MR) is 111 cm³/mol. The van der Waals surface area contributed by atoms with Crippen LogP contribution in [0.4, 0.5) is 0 Å². The van der Waals surface area contributed by atoms with E-state index in [-0.39, 0.29) is 0 Å². The predicted octanol–water partition coefficient (Wildman–Crippen LogP) is 6.27. The van der Waals surface area contributed by atoms with Crippen molar-refractivity contribution < 1.29 is 5.11 Å². The highest BCUT2D eigenvalue weighted by Crippen LogP contribution is 2.32. The number of rotatable bonds is 9. The summed E-state index contributed by atoms with van der Waals surface area (Å²) in [6.07, 6.45) is 12.2. The van der Waals surface area contributed by atoms with E-state index in [0.717, 1.165) is 11.1 Å². The molecule has 0 aliphatic rings. The van der Waals surface area contributed by atoms with Gasteiger partial charge in [0.2, 0.25) is 0 Å². The minimum Gasteiger partial charge on any atom is -0.369 e. The molecule has 2 rings (SSSR count). The van der Waals surface area contributed by atoms with Gasteiger partial charge in [0, 0.05) is 11.1 Å². The average Bonchev–Trinajstić information content (AvgIpc) is 2.70. The summed E-state index contributed by atoms with van der Waals surface area (Å²) in [4.78, 5) is 0. The van der Waals surface area contributed by atoms with Crippen molar-refractivity contribution in [2.24, 2.45) is 5.92 Å². The van der Waals surface area contributed by atoms with Gasteiger partial charge in [0.15, 0.2) is 5.60 Å². The number of unbranched alkanes of at least 4 members (excludes halogenated alkanes) is 3. The zero-order valence-corrected chi connectivity index (χ0v) is 16.4. The standard InChI is InChI=1S/C25H32O/c1-5-7-8-10-13-20(3)21(4)22-16-18-24(19-17-22)25(26,6-2)23-14-11-9-12-15-23/h2,9,11-12,14-21,26H,5,7-8,10,13H2,1,3-4H3. The summed E-state index contributed by atoms with van der Waals surface area (Å²) in [6, 6.07) is 17.6. The zero-order chi connectivity index (χ0) is 19.0. The first-order valence-electron chi connectivity index (χ1n) is 9.89. The van der Waals surface area contributed by atoms with Crippen LogP contribution in [0.1, 0.15) is 75.5 Å². The Labute approximate surface area is 159 Å². The molecule has 1 N–H and O–H groups in total. The second-order valence-electron chi connectivity index (χ2n) is 7.46. The SMILES string of the molecule is C#CC(O)(c1ccccc1)c1ccc(C(C)C(C)CCCCCC)cc1. The highest BCUT2D eigenvalue weighted by molar-refractivity contribution is 5.44. The van der Waals surface area contributed by atoms with Crippen LogP contribution in [0.2, 0.25) is 0 Å². The lowest BCUT2D eigenvalue weighted by Gasteiger charge is -2.25. The maximum absolute atomic E-state index is 11.0. The van der Waals surface area contributed by atoms with Crippen molar-refractivity contribution in [3.63, 3.8) is 0 Å². The smallest absolute Gasteiger partial charge is 0.176 e. The molecule has 0 amide bonds. The lowest BCUT2D eigenvalue weighted by molar-refractivity contribution is 0.145. The van der Waals surface area contributed by atoms with Crippen LogP contribution in [-0.4, -0.2) is 5.11 Å². The lowest BCUT2D eigenvalue weighted by atomic mass is 9.82. The quantitative estimate of drug-likeness (QED) is 0.418. The van der Waals surface area contributed by atoms with Gasteiger partial charge in [0.05, 0.1) is 0 Å². The van der Waals surface area contributed by atoms with Crippen LogP contribution in [0, 0.1) is 18.3 Å². The van der Waals surface area contributed by atoms with Crippen LogP contribution in [-0.2, 0) is 5.60 Å². The summed E-state index contributed by atoms with van der Waals surface area (Å²) in [5.41, 5.74) is 1.41. The molecule has 0 heterocycles. The monoisotopic (exact) mass is 348 g/mol. The Balaban J connectivity index is 2.11. The van der Waals surface area contributed by atoms with Gasteiger partial charge in [-0.15, -0.1) is 6.42 Å². The van der Waals surface area contributed by atoms with Crippen LogP contribution in [0.25, 0.3) is 0 Å². The fourth-order valence-corrected chi connectivity index (χ4v) is 3.51. The lowest BCUT2D eigenvalue weighted by Crippen LogP contribution is -2.25. The first-order valence-corrected chi connectivity index (χ1v) is 9.89. The van der Waals surface area contributed by atoms with Gasteiger partial charge in [-0.25, -0.2) is 0 Å². The topological polar surface area (TPSA) is 20.2 Å². The molecular formula is C25H32O. The number of hydrogen-bond donors (Lipinski definition) is 1. The molecule has 0 bridgehead atoms.